The first-order valence-corrected chi connectivity index (χ1v) is 6.49. The van der Waals surface area contributed by atoms with E-state index in [0.29, 0.717) is 25.4 Å². The molecule has 100 valence electrons. The van der Waals surface area contributed by atoms with Crippen LogP contribution in [0.4, 0.5) is 0 Å². The van der Waals surface area contributed by atoms with E-state index in [1.807, 2.05) is 12.1 Å². The molecule has 2 rings (SSSR count). The molecule has 7 heteroatoms. The van der Waals surface area contributed by atoms with E-state index in [4.69, 9.17) is 10.5 Å². The van der Waals surface area contributed by atoms with Crippen molar-refractivity contribution in [3.05, 3.63) is 51.1 Å². The molecule has 0 aliphatic rings. The van der Waals surface area contributed by atoms with Gasteiger partial charge in [0.2, 0.25) is 0 Å². The van der Waals surface area contributed by atoms with Gasteiger partial charge in [0.05, 0.1) is 18.4 Å². The summed E-state index contributed by atoms with van der Waals surface area (Å²) in [7, 11) is 0. The van der Waals surface area contributed by atoms with Gasteiger partial charge in [-0.15, -0.1) is 0 Å². The molecule has 2 N–H and O–H groups in total. The molecule has 6 nitrogen and oxygen atoms in total. The maximum Gasteiger partial charge on any atom is 0.270 e. The molecule has 0 radical (unpaired) electrons. The molecule has 0 aliphatic carbocycles. The van der Waals surface area contributed by atoms with Crippen LogP contribution in [0, 0.1) is 0 Å². The first kappa shape index (κ1) is 13.7. The zero-order valence-electron chi connectivity index (χ0n) is 10.1. The Labute approximate surface area is 118 Å². The number of ether oxygens (including phenoxy) is 1. The first-order chi connectivity index (χ1) is 9.19. The van der Waals surface area contributed by atoms with Crippen molar-refractivity contribution in [3.63, 3.8) is 0 Å². The van der Waals surface area contributed by atoms with Gasteiger partial charge in [-0.25, -0.2) is 4.68 Å². The van der Waals surface area contributed by atoms with Crippen molar-refractivity contribution in [2.24, 2.45) is 5.73 Å². The molecule has 0 amide bonds. The van der Waals surface area contributed by atoms with Crippen molar-refractivity contribution in [2.75, 3.05) is 13.2 Å². The van der Waals surface area contributed by atoms with E-state index in [2.05, 4.69) is 26.0 Å². The average Bonchev–Trinajstić information content (AvgIpc) is 2.41. The lowest BCUT2D eigenvalue weighted by molar-refractivity contribution is 0.324. The lowest BCUT2D eigenvalue weighted by Gasteiger charge is -2.06. The second kappa shape index (κ2) is 6.44. The van der Waals surface area contributed by atoms with Crippen molar-refractivity contribution < 1.29 is 4.74 Å². The molecule has 0 atom stereocenters. The van der Waals surface area contributed by atoms with Gasteiger partial charge in [-0.2, -0.15) is 5.10 Å². The standard InChI is InChI=1S/C12H13BrN4O2/c13-9-1-2-10(15-6-9)8-17-12(18)5-11(7-16-17)19-4-3-14/h1-2,5-7H,3-4,8,14H2. The molecule has 0 saturated heterocycles. The van der Waals surface area contributed by atoms with Crippen molar-refractivity contribution in [3.8, 4) is 5.75 Å². The average molecular weight is 325 g/mol. The minimum absolute atomic E-state index is 0.237. The van der Waals surface area contributed by atoms with Crippen LogP contribution < -0.4 is 16.0 Å². The number of halogens is 1. The van der Waals surface area contributed by atoms with Gasteiger partial charge in [0.25, 0.3) is 5.56 Å². The summed E-state index contributed by atoms with van der Waals surface area (Å²) in [6.07, 6.45) is 3.18. The van der Waals surface area contributed by atoms with Crippen LogP contribution in [0.2, 0.25) is 0 Å². The van der Waals surface area contributed by atoms with Crippen LogP contribution in [0.15, 0.2) is 39.9 Å². The number of hydrogen-bond acceptors (Lipinski definition) is 5. The van der Waals surface area contributed by atoms with Gasteiger partial charge in [-0.3, -0.25) is 9.78 Å². The smallest absolute Gasteiger partial charge is 0.270 e. The number of nitrogens with two attached hydrogens (primary N) is 1. The van der Waals surface area contributed by atoms with Gasteiger partial charge >= 0.3 is 0 Å². The molecule has 0 fully saturated rings. The van der Waals surface area contributed by atoms with Gasteiger partial charge in [-0.1, -0.05) is 0 Å². The Morgan fingerprint density at radius 2 is 2.21 bits per heavy atom. The summed E-state index contributed by atoms with van der Waals surface area (Å²) in [5, 5.41) is 4.04. The van der Waals surface area contributed by atoms with Gasteiger partial charge in [-0.05, 0) is 28.1 Å². The number of rotatable bonds is 5. The summed E-state index contributed by atoms with van der Waals surface area (Å²) >= 11 is 3.31. The molecule has 0 saturated carbocycles. The fourth-order valence-corrected chi connectivity index (χ4v) is 1.68. The second-order valence-electron chi connectivity index (χ2n) is 3.79. The highest BCUT2D eigenvalue weighted by Crippen LogP contribution is 2.08. The Bertz CT molecular complexity index is 597. The molecular formula is C12H13BrN4O2. The normalized spacial score (nSPS) is 10.4. The van der Waals surface area contributed by atoms with E-state index in [1.165, 1.54) is 16.9 Å². The largest absolute Gasteiger partial charge is 0.490 e. The fraction of sp³-hybridized carbons (Fsp3) is 0.250. The molecule has 0 aliphatic heterocycles. The predicted octanol–water partition coefficient (Wildman–Crippen LogP) is 0.787. The Balaban J connectivity index is 2.13. The summed E-state index contributed by atoms with van der Waals surface area (Å²) in [4.78, 5) is 16.0. The molecule has 0 bridgehead atoms. The quantitative estimate of drug-likeness (QED) is 0.879. The highest BCUT2D eigenvalue weighted by Gasteiger charge is 2.03. The van der Waals surface area contributed by atoms with E-state index in [1.54, 1.807) is 6.20 Å². The van der Waals surface area contributed by atoms with Crippen molar-refractivity contribution in [1.29, 1.82) is 0 Å². The first-order valence-electron chi connectivity index (χ1n) is 5.69. The number of pyridine rings is 1. The Morgan fingerprint density at radius 3 is 2.84 bits per heavy atom. The molecular weight excluding hydrogens is 312 g/mol. The van der Waals surface area contributed by atoms with Crippen LogP contribution >= 0.6 is 15.9 Å². The molecule has 2 aromatic heterocycles. The summed E-state index contributed by atoms with van der Waals surface area (Å²) in [6, 6.07) is 5.09. The number of aromatic nitrogens is 3. The van der Waals surface area contributed by atoms with Crippen LogP contribution in [0.5, 0.6) is 5.75 Å². The predicted molar refractivity (Wildman–Crippen MR) is 74.1 cm³/mol. The number of hydrogen-bond donors (Lipinski definition) is 1. The van der Waals surface area contributed by atoms with Crippen molar-refractivity contribution in [1.82, 2.24) is 14.8 Å². The summed E-state index contributed by atoms with van der Waals surface area (Å²) < 4.78 is 7.45. The maximum absolute atomic E-state index is 11.8. The van der Waals surface area contributed by atoms with Gasteiger partial charge in [0.15, 0.2) is 0 Å². The minimum Gasteiger partial charge on any atom is -0.490 e. The third kappa shape index (κ3) is 3.87. The zero-order chi connectivity index (χ0) is 13.7. The van der Waals surface area contributed by atoms with Crippen molar-refractivity contribution >= 4 is 15.9 Å². The Kier molecular flexibility index (Phi) is 4.64. The van der Waals surface area contributed by atoms with Gasteiger partial charge < -0.3 is 10.5 Å². The Morgan fingerprint density at radius 1 is 1.37 bits per heavy atom. The van der Waals surface area contributed by atoms with E-state index in [0.717, 1.165) is 10.2 Å². The highest BCUT2D eigenvalue weighted by molar-refractivity contribution is 9.10. The molecule has 2 heterocycles. The van der Waals surface area contributed by atoms with Crippen LogP contribution in [0.25, 0.3) is 0 Å². The number of nitrogens with zero attached hydrogens (tertiary/aromatic N) is 3. The second-order valence-corrected chi connectivity index (χ2v) is 4.71. The topological polar surface area (TPSA) is 83.0 Å². The van der Waals surface area contributed by atoms with Crippen LogP contribution in [0.3, 0.4) is 0 Å². The maximum atomic E-state index is 11.8. The van der Waals surface area contributed by atoms with E-state index in [-0.39, 0.29) is 5.56 Å². The van der Waals surface area contributed by atoms with E-state index >= 15 is 0 Å². The summed E-state index contributed by atoms with van der Waals surface area (Å²) in [5.41, 5.74) is 5.84. The summed E-state index contributed by atoms with van der Waals surface area (Å²) in [5.74, 6) is 0.426. The monoisotopic (exact) mass is 324 g/mol. The summed E-state index contributed by atoms with van der Waals surface area (Å²) in [6.45, 7) is 1.08. The van der Waals surface area contributed by atoms with E-state index in [9.17, 15) is 4.79 Å². The van der Waals surface area contributed by atoms with Crippen LogP contribution in [-0.4, -0.2) is 27.9 Å². The molecule has 0 spiro atoms. The van der Waals surface area contributed by atoms with Crippen LogP contribution in [0.1, 0.15) is 5.69 Å². The molecule has 0 unspecified atom stereocenters. The van der Waals surface area contributed by atoms with Crippen molar-refractivity contribution in [2.45, 2.75) is 6.54 Å². The van der Waals surface area contributed by atoms with Crippen LogP contribution in [-0.2, 0) is 6.54 Å². The fourth-order valence-electron chi connectivity index (χ4n) is 1.44. The SMILES string of the molecule is NCCOc1cnn(Cc2ccc(Br)cn2)c(=O)c1. The lowest BCUT2D eigenvalue weighted by Crippen LogP contribution is -2.23. The third-order valence-electron chi connectivity index (χ3n) is 2.33. The third-order valence-corrected chi connectivity index (χ3v) is 2.80. The Hall–Kier alpha value is -1.73. The van der Waals surface area contributed by atoms with E-state index < -0.39 is 0 Å². The molecule has 2 aromatic rings. The van der Waals surface area contributed by atoms with Gasteiger partial charge in [0, 0.05) is 23.3 Å². The zero-order valence-corrected chi connectivity index (χ0v) is 11.7. The molecule has 19 heavy (non-hydrogen) atoms. The lowest BCUT2D eigenvalue weighted by atomic mass is 10.3. The minimum atomic E-state index is -0.237. The molecule has 0 aromatic carbocycles. The van der Waals surface area contributed by atoms with Gasteiger partial charge in [0.1, 0.15) is 12.4 Å². The highest BCUT2D eigenvalue weighted by atomic mass is 79.9.